The third-order valence-electron chi connectivity index (χ3n) is 4.70. The van der Waals surface area contributed by atoms with Gasteiger partial charge in [-0.25, -0.2) is 9.97 Å². The van der Waals surface area contributed by atoms with Gasteiger partial charge in [-0.1, -0.05) is 23.7 Å². The molecule has 142 valence electrons. The van der Waals surface area contributed by atoms with Crippen LogP contribution in [0.25, 0.3) is 16.7 Å². The molecule has 0 saturated carbocycles. The third kappa shape index (κ3) is 3.77. The molecule has 4 rings (SSSR count). The van der Waals surface area contributed by atoms with Gasteiger partial charge in [-0.15, -0.1) is 0 Å². The highest BCUT2D eigenvalue weighted by Crippen LogP contribution is 2.24. The van der Waals surface area contributed by atoms with Crippen LogP contribution in [0.1, 0.15) is 18.7 Å². The molecule has 4 aromatic rings. The zero-order valence-electron chi connectivity index (χ0n) is 15.5. The van der Waals surface area contributed by atoms with Crippen LogP contribution in [0.4, 0.5) is 5.69 Å². The monoisotopic (exact) mass is 393 g/mol. The van der Waals surface area contributed by atoms with Crippen molar-refractivity contribution in [3.8, 4) is 5.69 Å². The maximum Gasteiger partial charge on any atom is 0.224 e. The van der Waals surface area contributed by atoms with Gasteiger partial charge < -0.3 is 14.5 Å². The first-order valence-corrected chi connectivity index (χ1v) is 9.47. The molecule has 2 aromatic carbocycles. The van der Waals surface area contributed by atoms with Crippen LogP contribution in [-0.4, -0.2) is 25.0 Å². The zero-order valence-corrected chi connectivity index (χ0v) is 16.2. The fourth-order valence-corrected chi connectivity index (χ4v) is 3.52. The van der Waals surface area contributed by atoms with Crippen LogP contribution in [-0.2, 0) is 18.3 Å². The number of imidazole rings is 2. The van der Waals surface area contributed by atoms with Gasteiger partial charge in [0.2, 0.25) is 5.91 Å². The number of para-hydroxylation sites is 2. The Labute approximate surface area is 167 Å². The molecule has 0 unspecified atom stereocenters. The second kappa shape index (κ2) is 7.86. The van der Waals surface area contributed by atoms with Crippen LogP contribution in [0, 0.1) is 0 Å². The number of rotatable bonds is 6. The lowest BCUT2D eigenvalue weighted by molar-refractivity contribution is -0.116. The highest BCUT2D eigenvalue weighted by molar-refractivity contribution is 6.32. The summed E-state index contributed by atoms with van der Waals surface area (Å²) in [4.78, 5) is 21.0. The Morgan fingerprint density at radius 3 is 2.82 bits per heavy atom. The number of anilines is 1. The second-order valence-corrected chi connectivity index (χ2v) is 7.02. The van der Waals surface area contributed by atoms with Crippen molar-refractivity contribution in [2.24, 2.45) is 7.05 Å². The van der Waals surface area contributed by atoms with E-state index < -0.39 is 0 Å². The quantitative estimate of drug-likeness (QED) is 0.529. The lowest BCUT2D eigenvalue weighted by Gasteiger charge is -2.09. The van der Waals surface area contributed by atoms with E-state index in [1.54, 1.807) is 18.6 Å². The van der Waals surface area contributed by atoms with E-state index in [-0.39, 0.29) is 5.91 Å². The Kier molecular flexibility index (Phi) is 5.12. The van der Waals surface area contributed by atoms with Gasteiger partial charge in [-0.3, -0.25) is 4.79 Å². The average molecular weight is 394 g/mol. The molecule has 1 amide bonds. The normalized spacial score (nSPS) is 11.1. The number of aromatic nitrogens is 4. The summed E-state index contributed by atoms with van der Waals surface area (Å²) in [6.07, 6.45) is 7.09. The van der Waals surface area contributed by atoms with Crippen molar-refractivity contribution in [2.45, 2.75) is 19.3 Å². The van der Waals surface area contributed by atoms with Gasteiger partial charge in [-0.05, 0) is 36.8 Å². The maximum atomic E-state index is 12.3. The van der Waals surface area contributed by atoms with Crippen LogP contribution in [0.15, 0.2) is 61.2 Å². The molecule has 0 fully saturated rings. The van der Waals surface area contributed by atoms with Gasteiger partial charge in [0.15, 0.2) is 0 Å². The van der Waals surface area contributed by atoms with E-state index in [2.05, 4.69) is 25.9 Å². The van der Waals surface area contributed by atoms with Crippen molar-refractivity contribution < 1.29 is 4.79 Å². The fraction of sp³-hybridized carbons (Fsp3) is 0.190. The maximum absolute atomic E-state index is 12.3. The minimum absolute atomic E-state index is 0.0368. The molecule has 0 aliphatic carbocycles. The Morgan fingerprint density at radius 1 is 1.21 bits per heavy atom. The lowest BCUT2D eigenvalue weighted by Crippen LogP contribution is -2.12. The number of nitrogens with zero attached hydrogens (tertiary/aromatic N) is 4. The van der Waals surface area contributed by atoms with Gasteiger partial charge in [-0.2, -0.15) is 0 Å². The molecule has 0 aliphatic heterocycles. The largest absolute Gasteiger partial charge is 0.331 e. The van der Waals surface area contributed by atoms with Crippen molar-refractivity contribution in [1.29, 1.82) is 0 Å². The number of carbonyl (C=O) groups excluding carboxylic acids is 1. The summed E-state index contributed by atoms with van der Waals surface area (Å²) in [6, 6.07) is 13.5. The van der Waals surface area contributed by atoms with Crippen molar-refractivity contribution in [2.75, 3.05) is 5.32 Å². The van der Waals surface area contributed by atoms with Crippen LogP contribution in [0.2, 0.25) is 5.02 Å². The average Bonchev–Trinajstić information content (AvgIpc) is 3.31. The molecule has 0 radical (unpaired) electrons. The first-order chi connectivity index (χ1) is 13.6. The van der Waals surface area contributed by atoms with E-state index in [0.717, 1.165) is 35.4 Å². The number of aryl methyl sites for hydroxylation is 2. The lowest BCUT2D eigenvalue weighted by atomic mass is 10.2. The summed E-state index contributed by atoms with van der Waals surface area (Å²) in [5.74, 6) is 0.951. The number of carbonyl (C=O) groups is 1. The Hall–Kier alpha value is -3.12. The summed E-state index contributed by atoms with van der Waals surface area (Å²) in [5.41, 5.74) is 3.59. The molecule has 0 saturated heterocycles. The van der Waals surface area contributed by atoms with Crippen molar-refractivity contribution >= 4 is 34.2 Å². The number of nitrogens with one attached hydrogen (secondary N) is 1. The third-order valence-corrected chi connectivity index (χ3v) is 5.00. The molecule has 6 nitrogen and oxygen atoms in total. The number of halogens is 1. The Bertz CT molecular complexity index is 1120. The predicted molar refractivity (Wildman–Crippen MR) is 111 cm³/mol. The molecule has 7 heteroatoms. The van der Waals surface area contributed by atoms with Crippen molar-refractivity contribution in [3.63, 3.8) is 0 Å². The van der Waals surface area contributed by atoms with E-state index >= 15 is 0 Å². The van der Waals surface area contributed by atoms with Gasteiger partial charge in [0.25, 0.3) is 0 Å². The highest BCUT2D eigenvalue weighted by atomic mass is 35.5. The topological polar surface area (TPSA) is 64.7 Å². The standard InChI is InChI=1S/C21H20ClN5O/c1-26-19-6-3-2-5-17(19)25-20(26)7-4-8-21(28)24-15-9-10-18(16(22)13-15)27-12-11-23-14-27/h2-3,5-6,9-14H,4,7-8H2,1H3,(H,24,28). The zero-order chi connectivity index (χ0) is 19.5. The molecule has 0 atom stereocenters. The molecule has 2 heterocycles. The SMILES string of the molecule is Cn1c(CCCC(=O)Nc2ccc(-n3ccnc3)c(Cl)c2)nc2ccccc21. The molecule has 0 bridgehead atoms. The molecule has 0 spiro atoms. The number of fused-ring (bicyclic) bond motifs is 1. The van der Waals surface area contributed by atoms with Gasteiger partial charge in [0, 0.05) is 38.0 Å². The second-order valence-electron chi connectivity index (χ2n) is 6.61. The molecule has 28 heavy (non-hydrogen) atoms. The highest BCUT2D eigenvalue weighted by Gasteiger charge is 2.10. The number of amides is 1. The summed E-state index contributed by atoms with van der Waals surface area (Å²) >= 11 is 6.33. The van der Waals surface area contributed by atoms with Crippen LogP contribution < -0.4 is 5.32 Å². The van der Waals surface area contributed by atoms with E-state index in [4.69, 9.17) is 11.6 Å². The summed E-state index contributed by atoms with van der Waals surface area (Å²) < 4.78 is 3.91. The van der Waals surface area contributed by atoms with Crippen molar-refractivity contribution in [1.82, 2.24) is 19.1 Å². The van der Waals surface area contributed by atoms with E-state index in [1.165, 1.54) is 0 Å². The first kappa shape index (κ1) is 18.3. The number of benzene rings is 2. The van der Waals surface area contributed by atoms with E-state index in [0.29, 0.717) is 17.1 Å². The first-order valence-electron chi connectivity index (χ1n) is 9.10. The summed E-state index contributed by atoms with van der Waals surface area (Å²) in [5, 5.41) is 3.46. The minimum Gasteiger partial charge on any atom is -0.331 e. The molecular weight excluding hydrogens is 374 g/mol. The van der Waals surface area contributed by atoms with Crippen molar-refractivity contribution in [3.05, 3.63) is 72.0 Å². The Balaban J connectivity index is 1.34. The smallest absolute Gasteiger partial charge is 0.224 e. The number of hydrogen-bond donors (Lipinski definition) is 1. The van der Waals surface area contributed by atoms with Crippen LogP contribution in [0.3, 0.4) is 0 Å². The van der Waals surface area contributed by atoms with Gasteiger partial charge >= 0.3 is 0 Å². The molecule has 1 N–H and O–H groups in total. The summed E-state index contributed by atoms with van der Waals surface area (Å²) in [6.45, 7) is 0. The summed E-state index contributed by atoms with van der Waals surface area (Å²) in [7, 11) is 2.01. The predicted octanol–water partition coefficient (Wildman–Crippen LogP) is 4.37. The molecule has 2 aromatic heterocycles. The molecular formula is C21H20ClN5O. The van der Waals surface area contributed by atoms with E-state index in [1.807, 2.05) is 48.1 Å². The van der Waals surface area contributed by atoms with E-state index in [9.17, 15) is 4.79 Å². The Morgan fingerprint density at radius 2 is 2.07 bits per heavy atom. The number of hydrogen-bond acceptors (Lipinski definition) is 3. The molecule has 0 aliphatic rings. The van der Waals surface area contributed by atoms with Gasteiger partial charge in [0.05, 0.1) is 28.1 Å². The van der Waals surface area contributed by atoms with Crippen LogP contribution in [0.5, 0.6) is 0 Å². The van der Waals surface area contributed by atoms with Gasteiger partial charge in [0.1, 0.15) is 5.82 Å². The van der Waals surface area contributed by atoms with Crippen LogP contribution >= 0.6 is 11.6 Å². The minimum atomic E-state index is -0.0368. The fourth-order valence-electron chi connectivity index (χ4n) is 3.25.